The van der Waals surface area contributed by atoms with Crippen molar-refractivity contribution in [3.05, 3.63) is 48.7 Å². The second-order valence-electron chi connectivity index (χ2n) is 7.86. The van der Waals surface area contributed by atoms with Gasteiger partial charge in [-0.3, -0.25) is 0 Å². The highest BCUT2D eigenvalue weighted by Crippen LogP contribution is 2.32. The Morgan fingerprint density at radius 1 is 1.03 bits per heavy atom. The third-order valence-corrected chi connectivity index (χ3v) is 6.38. The molecule has 170 valence electrons. The molecule has 0 unspecified atom stereocenters. The van der Waals surface area contributed by atoms with Crippen LogP contribution in [0, 0.1) is 0 Å². The Kier molecular flexibility index (Phi) is 6.18. The van der Waals surface area contributed by atoms with Gasteiger partial charge >= 0.3 is 0 Å². The number of nitrogens with one attached hydrogen (secondary N) is 2. The first-order chi connectivity index (χ1) is 16.2. The van der Waals surface area contributed by atoms with E-state index in [1.54, 1.807) is 13.3 Å². The van der Waals surface area contributed by atoms with Crippen LogP contribution >= 0.6 is 11.3 Å². The number of benzene rings is 1. The van der Waals surface area contributed by atoms with Crippen molar-refractivity contribution in [1.29, 1.82) is 0 Å². The first kappa shape index (κ1) is 21.4. The molecule has 1 aliphatic rings. The van der Waals surface area contributed by atoms with Crippen molar-refractivity contribution in [3.8, 4) is 28.0 Å². The lowest BCUT2D eigenvalue weighted by atomic mass is 9.93. The van der Waals surface area contributed by atoms with Crippen LogP contribution in [0.1, 0.15) is 25.7 Å². The predicted molar refractivity (Wildman–Crippen MR) is 127 cm³/mol. The van der Waals surface area contributed by atoms with Crippen molar-refractivity contribution >= 4 is 28.1 Å². The Bertz CT molecular complexity index is 1200. The lowest BCUT2D eigenvalue weighted by Gasteiger charge is -2.26. The first-order valence-corrected chi connectivity index (χ1v) is 11.6. The van der Waals surface area contributed by atoms with Crippen molar-refractivity contribution in [2.75, 3.05) is 17.7 Å². The summed E-state index contributed by atoms with van der Waals surface area (Å²) >= 11 is 1.40. The topological polar surface area (TPSA) is 118 Å². The van der Waals surface area contributed by atoms with Gasteiger partial charge in [0.1, 0.15) is 22.3 Å². The number of anilines is 3. The van der Waals surface area contributed by atoms with Crippen LogP contribution in [0.2, 0.25) is 0 Å². The molecule has 10 heteroatoms. The lowest BCUT2D eigenvalue weighted by Crippen LogP contribution is -2.28. The fourth-order valence-corrected chi connectivity index (χ4v) is 4.50. The van der Waals surface area contributed by atoms with Crippen molar-refractivity contribution in [2.24, 2.45) is 0 Å². The average molecular weight is 465 g/mol. The number of hydrogen-bond acceptors (Lipinski definition) is 10. The zero-order valence-electron chi connectivity index (χ0n) is 18.1. The number of methoxy groups -OCH3 is 1. The molecule has 3 N–H and O–H groups in total. The third kappa shape index (κ3) is 5.12. The minimum atomic E-state index is -0.194. The Labute approximate surface area is 194 Å². The zero-order chi connectivity index (χ0) is 22.6. The molecule has 3 aromatic heterocycles. The molecule has 0 atom stereocenters. The molecule has 0 bridgehead atoms. The number of nitrogens with zero attached hydrogens (tertiary/aromatic N) is 4. The van der Waals surface area contributed by atoms with Crippen molar-refractivity contribution < 1.29 is 14.3 Å². The van der Waals surface area contributed by atoms with Gasteiger partial charge in [0, 0.05) is 23.7 Å². The smallest absolute Gasteiger partial charge is 0.259 e. The van der Waals surface area contributed by atoms with E-state index in [0.717, 1.165) is 41.9 Å². The van der Waals surface area contributed by atoms with Gasteiger partial charge in [-0.1, -0.05) is 29.5 Å². The fraction of sp³-hybridized carbons (Fsp3) is 0.304. The number of rotatable bonds is 7. The normalized spacial score (nSPS) is 18.1. The van der Waals surface area contributed by atoms with Crippen LogP contribution in [0.3, 0.4) is 0 Å². The van der Waals surface area contributed by atoms with Crippen LogP contribution in [0.4, 0.5) is 16.8 Å². The van der Waals surface area contributed by atoms with Gasteiger partial charge in [0.2, 0.25) is 5.89 Å². The number of pyridine rings is 1. The summed E-state index contributed by atoms with van der Waals surface area (Å²) in [4.78, 5) is 9.85. The minimum absolute atomic E-state index is 0.194. The van der Waals surface area contributed by atoms with Crippen LogP contribution in [-0.4, -0.2) is 44.5 Å². The maximum Gasteiger partial charge on any atom is 0.259 e. The molecule has 4 aromatic rings. The molecule has 9 nitrogen and oxygen atoms in total. The van der Waals surface area contributed by atoms with E-state index in [4.69, 9.17) is 9.15 Å². The van der Waals surface area contributed by atoms with Crippen LogP contribution in [0.15, 0.2) is 53.1 Å². The van der Waals surface area contributed by atoms with E-state index >= 15 is 0 Å². The zero-order valence-corrected chi connectivity index (χ0v) is 18.9. The predicted octanol–water partition coefficient (Wildman–Crippen LogP) is 4.72. The van der Waals surface area contributed by atoms with Gasteiger partial charge in [-0.2, -0.15) is 0 Å². The largest absolute Gasteiger partial charge is 0.496 e. The van der Waals surface area contributed by atoms with Crippen molar-refractivity contribution in [1.82, 2.24) is 20.2 Å². The molecule has 1 saturated carbocycles. The second-order valence-corrected chi connectivity index (χ2v) is 8.89. The van der Waals surface area contributed by atoms with Crippen LogP contribution in [-0.2, 0) is 0 Å². The molecule has 33 heavy (non-hydrogen) atoms. The van der Waals surface area contributed by atoms with Crippen LogP contribution in [0.5, 0.6) is 5.75 Å². The van der Waals surface area contributed by atoms with Gasteiger partial charge in [0.05, 0.1) is 19.4 Å². The maximum absolute atomic E-state index is 9.73. The van der Waals surface area contributed by atoms with E-state index in [2.05, 4.69) is 30.8 Å². The van der Waals surface area contributed by atoms with E-state index in [1.807, 2.05) is 42.5 Å². The monoisotopic (exact) mass is 464 g/mol. The summed E-state index contributed by atoms with van der Waals surface area (Å²) in [6.45, 7) is 0. The molecule has 1 aromatic carbocycles. The van der Waals surface area contributed by atoms with Gasteiger partial charge in [0.15, 0.2) is 5.13 Å². The molecule has 0 amide bonds. The number of aliphatic hydroxyl groups excluding tert-OH is 1. The summed E-state index contributed by atoms with van der Waals surface area (Å²) in [5.41, 5.74) is 0.868. The van der Waals surface area contributed by atoms with Gasteiger partial charge in [-0.05, 0) is 37.8 Å². The standard InChI is InChI=1S/C23H24N6O3S/c1-31-17-11-19(25-15-7-9-16(30)10-8-15)26-20(12-17)27-23-24-13-18(33-23)22-29-28-21(32-22)14-5-3-2-4-6-14/h2-6,11-13,15-16,30H,7-10H2,1H3,(H2,24,25,26,27). The Hall–Kier alpha value is -3.50. The number of thiazole rings is 1. The quantitative estimate of drug-likeness (QED) is 0.357. The van der Waals surface area contributed by atoms with Gasteiger partial charge < -0.3 is 24.9 Å². The summed E-state index contributed by atoms with van der Waals surface area (Å²) in [5.74, 6) is 2.91. The summed E-state index contributed by atoms with van der Waals surface area (Å²) in [6.07, 6.45) is 4.93. The molecule has 1 fully saturated rings. The summed E-state index contributed by atoms with van der Waals surface area (Å²) in [6, 6.07) is 13.6. The van der Waals surface area contributed by atoms with Gasteiger partial charge in [-0.25, -0.2) is 9.97 Å². The fourth-order valence-electron chi connectivity index (χ4n) is 3.75. The SMILES string of the molecule is COc1cc(Nc2ncc(-c3nnc(-c4ccccc4)o3)s2)nc(NC2CCC(O)CC2)c1. The highest BCUT2D eigenvalue weighted by Gasteiger charge is 2.20. The van der Waals surface area contributed by atoms with Crippen LogP contribution in [0.25, 0.3) is 22.2 Å². The highest BCUT2D eigenvalue weighted by atomic mass is 32.1. The van der Waals surface area contributed by atoms with Crippen molar-refractivity contribution in [2.45, 2.75) is 37.8 Å². The van der Waals surface area contributed by atoms with E-state index in [-0.39, 0.29) is 12.1 Å². The Morgan fingerprint density at radius 2 is 1.79 bits per heavy atom. The Balaban J connectivity index is 1.30. The van der Waals surface area contributed by atoms with E-state index in [9.17, 15) is 5.11 Å². The Morgan fingerprint density at radius 3 is 2.58 bits per heavy atom. The number of aliphatic hydroxyl groups is 1. The molecular formula is C23H24N6O3S. The maximum atomic E-state index is 9.73. The second kappa shape index (κ2) is 9.55. The van der Waals surface area contributed by atoms with Gasteiger partial charge in [0.25, 0.3) is 5.89 Å². The number of ether oxygens (including phenoxy) is 1. The molecule has 0 spiro atoms. The van der Waals surface area contributed by atoms with Crippen LogP contribution < -0.4 is 15.4 Å². The number of aromatic nitrogens is 4. The molecule has 0 saturated heterocycles. The number of hydrogen-bond donors (Lipinski definition) is 3. The molecule has 0 aliphatic heterocycles. The first-order valence-electron chi connectivity index (χ1n) is 10.8. The van der Waals surface area contributed by atoms with Gasteiger partial charge in [-0.15, -0.1) is 10.2 Å². The molecule has 5 rings (SSSR count). The molecule has 1 aliphatic carbocycles. The van der Waals surface area contributed by atoms with E-state index < -0.39 is 0 Å². The molecular weight excluding hydrogens is 440 g/mol. The van der Waals surface area contributed by atoms with Crippen molar-refractivity contribution in [3.63, 3.8) is 0 Å². The lowest BCUT2D eigenvalue weighted by molar-refractivity contribution is 0.126. The molecule has 0 radical (unpaired) electrons. The summed E-state index contributed by atoms with van der Waals surface area (Å²) in [7, 11) is 1.63. The summed E-state index contributed by atoms with van der Waals surface area (Å²) < 4.78 is 11.3. The summed E-state index contributed by atoms with van der Waals surface area (Å²) in [5, 5.41) is 25.4. The van der Waals surface area contributed by atoms with E-state index in [1.165, 1.54) is 11.3 Å². The minimum Gasteiger partial charge on any atom is -0.496 e. The highest BCUT2D eigenvalue weighted by molar-refractivity contribution is 7.18. The van der Waals surface area contributed by atoms with E-state index in [0.29, 0.717) is 28.5 Å². The third-order valence-electron chi connectivity index (χ3n) is 5.48. The average Bonchev–Trinajstić information content (AvgIpc) is 3.51. The molecule has 3 heterocycles.